The van der Waals surface area contributed by atoms with Crippen molar-refractivity contribution in [3.8, 4) is 0 Å². The first-order valence-electron chi connectivity index (χ1n) is 7.57. The molecule has 0 rings (SSSR count). The van der Waals surface area contributed by atoms with Gasteiger partial charge in [0.05, 0.1) is 13.2 Å². The van der Waals surface area contributed by atoms with Crippen molar-refractivity contribution in [2.45, 2.75) is 59.6 Å². The molecule has 0 aromatic carbocycles. The molecule has 0 aromatic heterocycles. The van der Waals surface area contributed by atoms with E-state index >= 15 is 0 Å². The fourth-order valence-corrected chi connectivity index (χ4v) is 3.03. The molecular formula is C16H30O4S. The van der Waals surface area contributed by atoms with Crippen molar-refractivity contribution in [1.29, 1.82) is 0 Å². The van der Waals surface area contributed by atoms with Crippen LogP contribution in [0.1, 0.15) is 54.9 Å². The zero-order chi connectivity index (χ0) is 16.7. The van der Waals surface area contributed by atoms with Gasteiger partial charge in [0.1, 0.15) is 0 Å². The van der Waals surface area contributed by atoms with Gasteiger partial charge in [-0.2, -0.15) is 11.8 Å². The standard InChI is InChI=1S/C16H30O4S/c1-8-19-13(17)16(10-12(3)4,14(18)20-9-2)11-21-15(5,6)7/h12H,8-11H2,1-7H3. The van der Waals surface area contributed by atoms with Gasteiger partial charge >= 0.3 is 11.9 Å². The number of thioether (sulfide) groups is 1. The monoisotopic (exact) mass is 318 g/mol. The second-order valence-corrected chi connectivity index (χ2v) is 8.32. The SMILES string of the molecule is CCOC(=O)C(CSC(C)(C)C)(CC(C)C)C(=O)OCC. The summed E-state index contributed by atoms with van der Waals surface area (Å²) < 4.78 is 10.3. The van der Waals surface area contributed by atoms with Gasteiger partial charge in [0.25, 0.3) is 0 Å². The molecule has 21 heavy (non-hydrogen) atoms. The Bertz CT molecular complexity index is 327. The van der Waals surface area contributed by atoms with Crippen molar-refractivity contribution in [2.24, 2.45) is 11.3 Å². The molecule has 0 bridgehead atoms. The molecule has 124 valence electrons. The molecule has 0 spiro atoms. The number of hydrogen-bond donors (Lipinski definition) is 0. The highest BCUT2D eigenvalue weighted by molar-refractivity contribution is 8.00. The average Bonchev–Trinajstić information content (AvgIpc) is 2.33. The number of hydrogen-bond acceptors (Lipinski definition) is 5. The first-order chi connectivity index (χ1) is 9.59. The van der Waals surface area contributed by atoms with E-state index in [9.17, 15) is 9.59 Å². The minimum absolute atomic E-state index is 0.0405. The van der Waals surface area contributed by atoms with E-state index in [0.717, 1.165) is 0 Å². The molecule has 0 aliphatic carbocycles. The highest BCUT2D eigenvalue weighted by atomic mass is 32.2. The van der Waals surface area contributed by atoms with Gasteiger partial charge in [-0.1, -0.05) is 34.6 Å². The third-order valence-corrected chi connectivity index (χ3v) is 4.34. The second kappa shape index (κ2) is 8.66. The topological polar surface area (TPSA) is 52.6 Å². The van der Waals surface area contributed by atoms with Crippen molar-refractivity contribution >= 4 is 23.7 Å². The zero-order valence-electron chi connectivity index (χ0n) is 14.4. The van der Waals surface area contributed by atoms with Crippen LogP contribution >= 0.6 is 11.8 Å². The Morgan fingerprint density at radius 1 is 1.00 bits per heavy atom. The van der Waals surface area contributed by atoms with Crippen LogP contribution in [0.5, 0.6) is 0 Å². The summed E-state index contributed by atoms with van der Waals surface area (Å²) in [5.41, 5.74) is -1.21. The lowest BCUT2D eigenvalue weighted by Crippen LogP contribution is -2.46. The van der Waals surface area contributed by atoms with E-state index in [2.05, 4.69) is 20.8 Å². The lowest BCUT2D eigenvalue weighted by atomic mass is 9.81. The molecule has 0 radical (unpaired) electrons. The lowest BCUT2D eigenvalue weighted by Gasteiger charge is -2.32. The van der Waals surface area contributed by atoms with Gasteiger partial charge in [0, 0.05) is 10.5 Å². The van der Waals surface area contributed by atoms with Crippen LogP contribution in [0.15, 0.2) is 0 Å². The molecule has 0 aromatic rings. The van der Waals surface area contributed by atoms with E-state index in [-0.39, 0.29) is 23.9 Å². The summed E-state index contributed by atoms with van der Waals surface area (Å²) in [7, 11) is 0. The van der Waals surface area contributed by atoms with Crippen LogP contribution in [-0.2, 0) is 19.1 Å². The molecule has 0 aliphatic rings. The fraction of sp³-hybridized carbons (Fsp3) is 0.875. The molecule has 0 fully saturated rings. The summed E-state index contributed by atoms with van der Waals surface area (Å²) in [6, 6.07) is 0. The molecule has 4 nitrogen and oxygen atoms in total. The predicted molar refractivity (Wildman–Crippen MR) is 87.4 cm³/mol. The minimum Gasteiger partial charge on any atom is -0.465 e. The van der Waals surface area contributed by atoms with Crippen molar-refractivity contribution in [3.63, 3.8) is 0 Å². The van der Waals surface area contributed by atoms with E-state index < -0.39 is 17.4 Å². The second-order valence-electron chi connectivity index (χ2n) is 6.52. The summed E-state index contributed by atoms with van der Waals surface area (Å²) in [4.78, 5) is 25.0. The first-order valence-corrected chi connectivity index (χ1v) is 8.56. The molecular weight excluding hydrogens is 288 g/mol. The molecule has 0 atom stereocenters. The molecule has 0 heterocycles. The molecule has 0 amide bonds. The van der Waals surface area contributed by atoms with Gasteiger partial charge in [-0.3, -0.25) is 9.59 Å². The quantitative estimate of drug-likeness (QED) is 0.505. The smallest absolute Gasteiger partial charge is 0.324 e. The number of rotatable bonds is 8. The van der Waals surface area contributed by atoms with Gasteiger partial charge in [-0.15, -0.1) is 0 Å². The van der Waals surface area contributed by atoms with E-state index in [1.165, 1.54) is 0 Å². The number of ether oxygens (including phenoxy) is 2. The third-order valence-electron chi connectivity index (χ3n) is 2.84. The first kappa shape index (κ1) is 20.3. The predicted octanol–water partition coefficient (Wildman–Crippen LogP) is 3.68. The fourth-order valence-electron chi connectivity index (χ4n) is 2.00. The van der Waals surface area contributed by atoms with Gasteiger partial charge in [-0.05, 0) is 26.2 Å². The van der Waals surface area contributed by atoms with E-state index in [1.807, 2.05) is 13.8 Å². The highest BCUT2D eigenvalue weighted by Crippen LogP contribution is 2.38. The summed E-state index contributed by atoms with van der Waals surface area (Å²) in [6.45, 7) is 14.2. The molecule has 0 saturated carbocycles. The highest BCUT2D eigenvalue weighted by Gasteiger charge is 2.49. The Labute approximate surface area is 133 Å². The lowest BCUT2D eigenvalue weighted by molar-refractivity contribution is -0.171. The summed E-state index contributed by atoms with van der Waals surface area (Å²) >= 11 is 1.59. The number of carbonyl (C=O) groups excluding carboxylic acids is 2. The van der Waals surface area contributed by atoms with Crippen molar-refractivity contribution < 1.29 is 19.1 Å². The van der Waals surface area contributed by atoms with E-state index in [1.54, 1.807) is 25.6 Å². The van der Waals surface area contributed by atoms with Gasteiger partial charge in [-0.25, -0.2) is 0 Å². The third kappa shape index (κ3) is 6.72. The maximum absolute atomic E-state index is 12.5. The summed E-state index contributed by atoms with van der Waals surface area (Å²) in [5.74, 6) is -0.353. The summed E-state index contributed by atoms with van der Waals surface area (Å²) in [6.07, 6.45) is 0.438. The summed E-state index contributed by atoms with van der Waals surface area (Å²) in [5, 5.41) is 0. The molecule has 0 saturated heterocycles. The van der Waals surface area contributed by atoms with Gasteiger partial charge < -0.3 is 9.47 Å². The maximum atomic E-state index is 12.5. The van der Waals surface area contributed by atoms with Crippen LogP contribution in [-0.4, -0.2) is 35.7 Å². The Morgan fingerprint density at radius 2 is 1.43 bits per heavy atom. The van der Waals surface area contributed by atoms with Crippen molar-refractivity contribution in [1.82, 2.24) is 0 Å². The molecule has 5 heteroatoms. The minimum atomic E-state index is -1.21. The van der Waals surface area contributed by atoms with Crippen LogP contribution in [0.3, 0.4) is 0 Å². The van der Waals surface area contributed by atoms with Crippen molar-refractivity contribution in [3.05, 3.63) is 0 Å². The molecule has 0 N–H and O–H groups in total. The Balaban J connectivity index is 5.48. The van der Waals surface area contributed by atoms with Crippen LogP contribution in [0.4, 0.5) is 0 Å². The van der Waals surface area contributed by atoms with Crippen LogP contribution in [0.2, 0.25) is 0 Å². The van der Waals surface area contributed by atoms with Crippen LogP contribution < -0.4 is 0 Å². The Kier molecular flexibility index (Phi) is 8.37. The van der Waals surface area contributed by atoms with Gasteiger partial charge in [0.2, 0.25) is 0 Å². The van der Waals surface area contributed by atoms with Crippen molar-refractivity contribution in [2.75, 3.05) is 19.0 Å². The molecule has 0 aliphatic heterocycles. The molecule has 0 unspecified atom stereocenters. The normalized spacial score (nSPS) is 12.4. The maximum Gasteiger partial charge on any atom is 0.324 e. The van der Waals surface area contributed by atoms with Crippen LogP contribution in [0.25, 0.3) is 0 Å². The number of esters is 2. The largest absolute Gasteiger partial charge is 0.465 e. The van der Waals surface area contributed by atoms with E-state index in [0.29, 0.717) is 12.2 Å². The van der Waals surface area contributed by atoms with Crippen LogP contribution in [0, 0.1) is 11.3 Å². The Morgan fingerprint density at radius 3 is 1.71 bits per heavy atom. The Hall–Kier alpha value is -0.710. The zero-order valence-corrected chi connectivity index (χ0v) is 15.3. The average molecular weight is 318 g/mol. The van der Waals surface area contributed by atoms with Gasteiger partial charge in [0.15, 0.2) is 5.41 Å². The number of carbonyl (C=O) groups is 2. The van der Waals surface area contributed by atoms with E-state index in [4.69, 9.17) is 9.47 Å².